The van der Waals surface area contributed by atoms with Crippen molar-refractivity contribution in [3.63, 3.8) is 0 Å². The van der Waals surface area contributed by atoms with Crippen LogP contribution in [0.1, 0.15) is 71.4 Å². The number of thiocarbonyl (C=S) groups is 1. The highest BCUT2D eigenvalue weighted by Crippen LogP contribution is 2.60. The highest BCUT2D eigenvalue weighted by atomic mass is 32.1. The van der Waals surface area contributed by atoms with Crippen LogP contribution in [0.3, 0.4) is 0 Å². The summed E-state index contributed by atoms with van der Waals surface area (Å²) in [5.41, 5.74) is 8.42. The van der Waals surface area contributed by atoms with Crippen LogP contribution in [0.4, 0.5) is 0 Å². The lowest BCUT2D eigenvalue weighted by molar-refractivity contribution is 0.431. The van der Waals surface area contributed by atoms with E-state index in [2.05, 4.69) is 72.8 Å². The van der Waals surface area contributed by atoms with E-state index in [4.69, 9.17) is 12.2 Å². The molecule has 1 fully saturated rings. The van der Waals surface area contributed by atoms with Crippen molar-refractivity contribution in [1.29, 1.82) is 0 Å². The third kappa shape index (κ3) is 1.98. The summed E-state index contributed by atoms with van der Waals surface area (Å²) < 4.78 is 0. The minimum Gasteiger partial charge on any atom is -0.0876 e. The Morgan fingerprint density at radius 1 is 0.643 bits per heavy atom. The quantitative estimate of drug-likeness (QED) is 0.442. The summed E-state index contributed by atoms with van der Waals surface area (Å²) >= 11 is 6.46. The number of hydrogen-bond donors (Lipinski definition) is 0. The number of benzene rings is 3. The van der Waals surface area contributed by atoms with E-state index in [0.717, 1.165) is 0 Å². The second-order valence-corrected chi connectivity index (χ2v) is 9.08. The Bertz CT molecular complexity index is 971. The molecule has 2 bridgehead atoms. The molecule has 4 aliphatic rings. The van der Waals surface area contributed by atoms with Gasteiger partial charge in [0.05, 0.1) is 5.41 Å². The molecule has 1 heteroatoms. The SMILES string of the molecule is S=C(C1CCCCC1)C12c3ccccc3C(c3ccccc31)c1ccccc12. The fraction of sp³-hybridized carbons (Fsp3) is 0.296. The van der Waals surface area contributed by atoms with E-state index >= 15 is 0 Å². The highest BCUT2D eigenvalue weighted by Gasteiger charge is 2.54. The highest BCUT2D eigenvalue weighted by molar-refractivity contribution is 7.80. The predicted octanol–water partition coefficient (Wildman–Crippen LogP) is 6.78. The summed E-state index contributed by atoms with van der Waals surface area (Å²) in [5, 5.41) is 0. The molecule has 0 spiro atoms. The molecule has 28 heavy (non-hydrogen) atoms. The van der Waals surface area contributed by atoms with Crippen LogP contribution in [0.15, 0.2) is 72.8 Å². The molecule has 0 N–H and O–H groups in total. The van der Waals surface area contributed by atoms with Crippen molar-refractivity contribution in [3.8, 4) is 0 Å². The van der Waals surface area contributed by atoms with E-state index in [0.29, 0.717) is 11.8 Å². The smallest absolute Gasteiger partial charge is 0.0776 e. The normalized spacial score (nSPS) is 24.9. The van der Waals surface area contributed by atoms with Gasteiger partial charge in [-0.1, -0.05) is 104 Å². The van der Waals surface area contributed by atoms with Crippen LogP contribution in [0.5, 0.6) is 0 Å². The van der Waals surface area contributed by atoms with Gasteiger partial charge < -0.3 is 0 Å². The minimum absolute atomic E-state index is 0.268. The molecule has 0 saturated heterocycles. The molecule has 0 unspecified atom stereocenters. The zero-order valence-electron chi connectivity index (χ0n) is 16.0. The van der Waals surface area contributed by atoms with Gasteiger partial charge in [0.15, 0.2) is 0 Å². The standard InChI is InChI=1S/C27H24S/c28-26(18-10-2-1-3-11-18)27-22-15-7-4-12-19(22)25(20-13-5-8-16-23(20)27)21-14-6-9-17-24(21)27/h4-9,12-18,25H,1-3,10-11H2. The number of hydrogen-bond acceptors (Lipinski definition) is 1. The first-order chi connectivity index (χ1) is 13.8. The van der Waals surface area contributed by atoms with Crippen molar-refractivity contribution in [1.82, 2.24) is 0 Å². The van der Waals surface area contributed by atoms with Gasteiger partial charge in [0.1, 0.15) is 0 Å². The lowest BCUT2D eigenvalue weighted by Crippen LogP contribution is -2.49. The van der Waals surface area contributed by atoms with Crippen molar-refractivity contribution < 1.29 is 0 Å². The average molecular weight is 381 g/mol. The maximum atomic E-state index is 6.46. The molecule has 138 valence electrons. The topological polar surface area (TPSA) is 0 Å². The van der Waals surface area contributed by atoms with Gasteiger partial charge in [-0.05, 0) is 52.1 Å². The van der Waals surface area contributed by atoms with Gasteiger partial charge in [-0.2, -0.15) is 0 Å². The molecule has 0 aromatic heterocycles. The van der Waals surface area contributed by atoms with Gasteiger partial charge in [-0.3, -0.25) is 0 Å². The fourth-order valence-electron chi connectivity index (χ4n) is 6.28. The Hall–Kier alpha value is -2.25. The molecule has 0 amide bonds. The van der Waals surface area contributed by atoms with Gasteiger partial charge in [0.2, 0.25) is 0 Å². The monoisotopic (exact) mass is 380 g/mol. The molecule has 0 aliphatic heterocycles. The van der Waals surface area contributed by atoms with Crippen molar-refractivity contribution in [2.45, 2.75) is 43.4 Å². The fourth-order valence-corrected chi connectivity index (χ4v) is 6.84. The molecule has 3 aromatic rings. The Balaban J connectivity index is 1.72. The van der Waals surface area contributed by atoms with Crippen molar-refractivity contribution in [3.05, 3.63) is 106 Å². The Morgan fingerprint density at radius 2 is 1.07 bits per heavy atom. The summed E-state index contributed by atoms with van der Waals surface area (Å²) in [4.78, 5) is 1.26. The lowest BCUT2D eigenvalue weighted by atomic mass is 9.50. The van der Waals surface area contributed by atoms with Gasteiger partial charge in [0, 0.05) is 10.8 Å². The summed E-state index contributed by atoms with van der Waals surface area (Å²) in [6, 6.07) is 27.3. The number of rotatable bonds is 2. The van der Waals surface area contributed by atoms with Crippen LogP contribution in [0, 0.1) is 5.92 Å². The zero-order valence-corrected chi connectivity index (χ0v) is 16.8. The third-order valence-electron chi connectivity index (χ3n) is 7.37. The van der Waals surface area contributed by atoms with E-state index < -0.39 is 0 Å². The second kappa shape index (κ2) is 6.12. The Kier molecular flexibility index (Phi) is 3.65. The van der Waals surface area contributed by atoms with E-state index in [1.807, 2.05) is 0 Å². The molecule has 4 aliphatic carbocycles. The van der Waals surface area contributed by atoms with E-state index in [9.17, 15) is 0 Å². The van der Waals surface area contributed by atoms with Crippen LogP contribution in [-0.4, -0.2) is 4.86 Å². The summed E-state index contributed by atoms with van der Waals surface area (Å²) in [7, 11) is 0. The van der Waals surface area contributed by atoms with E-state index in [-0.39, 0.29) is 5.41 Å². The van der Waals surface area contributed by atoms with E-state index in [1.54, 1.807) is 0 Å². The predicted molar refractivity (Wildman–Crippen MR) is 119 cm³/mol. The van der Waals surface area contributed by atoms with Crippen LogP contribution >= 0.6 is 12.2 Å². The van der Waals surface area contributed by atoms with Crippen molar-refractivity contribution in [2.75, 3.05) is 0 Å². The first-order valence-corrected chi connectivity index (χ1v) is 11.1. The van der Waals surface area contributed by atoms with Gasteiger partial charge in [-0.15, -0.1) is 0 Å². The van der Waals surface area contributed by atoms with Crippen LogP contribution in [0.2, 0.25) is 0 Å². The minimum atomic E-state index is -0.268. The van der Waals surface area contributed by atoms with Crippen LogP contribution in [-0.2, 0) is 5.41 Å². The first kappa shape index (κ1) is 16.7. The van der Waals surface area contributed by atoms with E-state index in [1.165, 1.54) is 70.3 Å². The zero-order chi connectivity index (χ0) is 18.7. The first-order valence-electron chi connectivity index (χ1n) is 10.7. The van der Waals surface area contributed by atoms with Gasteiger partial charge >= 0.3 is 0 Å². The molecule has 0 radical (unpaired) electrons. The average Bonchev–Trinajstić information content (AvgIpc) is 2.79. The molecular weight excluding hydrogens is 356 g/mol. The molecule has 0 nitrogen and oxygen atoms in total. The summed E-state index contributed by atoms with van der Waals surface area (Å²) in [6.45, 7) is 0. The summed E-state index contributed by atoms with van der Waals surface area (Å²) in [5.74, 6) is 0.868. The molecule has 0 atom stereocenters. The molecule has 1 saturated carbocycles. The second-order valence-electron chi connectivity index (χ2n) is 8.64. The van der Waals surface area contributed by atoms with Crippen molar-refractivity contribution >= 4 is 17.1 Å². The molecule has 7 rings (SSSR count). The van der Waals surface area contributed by atoms with Gasteiger partial charge in [0.25, 0.3) is 0 Å². The molecule has 3 aromatic carbocycles. The lowest BCUT2D eigenvalue weighted by Gasteiger charge is -2.52. The Labute approximate surface area is 172 Å². The van der Waals surface area contributed by atoms with Crippen LogP contribution < -0.4 is 0 Å². The van der Waals surface area contributed by atoms with Gasteiger partial charge in [-0.25, -0.2) is 0 Å². The van der Waals surface area contributed by atoms with Crippen LogP contribution in [0.25, 0.3) is 0 Å². The summed E-state index contributed by atoms with van der Waals surface area (Å²) in [6.07, 6.45) is 6.48. The van der Waals surface area contributed by atoms with Crippen molar-refractivity contribution in [2.24, 2.45) is 5.92 Å². The largest absolute Gasteiger partial charge is 0.0876 e. The Morgan fingerprint density at radius 3 is 1.54 bits per heavy atom. The maximum Gasteiger partial charge on any atom is 0.0776 e. The molecule has 0 heterocycles. The molecular formula is C27H24S. The maximum absolute atomic E-state index is 6.46. The third-order valence-corrected chi connectivity index (χ3v) is 8.01.